The van der Waals surface area contributed by atoms with Gasteiger partial charge in [0.05, 0.1) is 5.41 Å². The van der Waals surface area contributed by atoms with E-state index in [1.165, 1.54) is 32.1 Å². The van der Waals surface area contributed by atoms with Gasteiger partial charge in [-0.15, -0.1) is 12.4 Å². The molecule has 19 heavy (non-hydrogen) atoms. The van der Waals surface area contributed by atoms with E-state index >= 15 is 0 Å². The van der Waals surface area contributed by atoms with Crippen molar-refractivity contribution in [1.29, 1.82) is 0 Å². The minimum atomic E-state index is -0.167. The van der Waals surface area contributed by atoms with E-state index in [1.807, 2.05) is 0 Å². The van der Waals surface area contributed by atoms with Gasteiger partial charge in [0.1, 0.15) is 0 Å². The van der Waals surface area contributed by atoms with E-state index in [9.17, 15) is 4.79 Å². The van der Waals surface area contributed by atoms with Crippen LogP contribution in [-0.4, -0.2) is 25.5 Å². The lowest BCUT2D eigenvalue weighted by molar-refractivity contribution is -0.129. The molecule has 1 amide bonds. The van der Waals surface area contributed by atoms with Crippen molar-refractivity contribution in [2.75, 3.05) is 19.6 Å². The van der Waals surface area contributed by atoms with Crippen LogP contribution in [0.1, 0.15) is 52.4 Å². The lowest BCUT2D eigenvalue weighted by Crippen LogP contribution is -2.41. The third-order valence-electron chi connectivity index (χ3n) is 4.80. The molecule has 0 aromatic heterocycles. The summed E-state index contributed by atoms with van der Waals surface area (Å²) >= 11 is 0. The minimum absolute atomic E-state index is 0. The van der Waals surface area contributed by atoms with Crippen molar-refractivity contribution in [3.8, 4) is 0 Å². The quantitative estimate of drug-likeness (QED) is 0.835. The Kier molecular flexibility index (Phi) is 6.61. The predicted octanol–water partition coefficient (Wildman–Crippen LogP) is 2.74. The predicted molar refractivity (Wildman–Crippen MR) is 81.6 cm³/mol. The highest BCUT2D eigenvalue weighted by atomic mass is 35.5. The lowest BCUT2D eigenvalue weighted by atomic mass is 9.81. The van der Waals surface area contributed by atoms with Crippen LogP contribution in [0.25, 0.3) is 0 Å². The molecule has 1 aliphatic heterocycles. The second kappa shape index (κ2) is 7.49. The maximum Gasteiger partial charge on any atom is 0.227 e. The summed E-state index contributed by atoms with van der Waals surface area (Å²) < 4.78 is 0. The van der Waals surface area contributed by atoms with Gasteiger partial charge in [-0.1, -0.05) is 26.2 Å². The van der Waals surface area contributed by atoms with Crippen molar-refractivity contribution >= 4 is 18.3 Å². The number of nitrogens with one attached hydrogen (secondary N) is 2. The Balaban J connectivity index is 0.00000180. The van der Waals surface area contributed by atoms with Gasteiger partial charge in [0.15, 0.2) is 0 Å². The van der Waals surface area contributed by atoms with E-state index in [-0.39, 0.29) is 23.7 Å². The third kappa shape index (κ3) is 4.64. The SMILES string of the molecule is CC1CCCC(CCNC(=O)C2(C)CCNC2)C1.Cl. The molecule has 1 heterocycles. The number of halogens is 1. The second-order valence-electron chi connectivity index (χ2n) is 6.67. The molecular formula is C15H29ClN2O. The topological polar surface area (TPSA) is 41.1 Å². The Morgan fingerprint density at radius 3 is 2.84 bits per heavy atom. The molecule has 1 saturated carbocycles. The summed E-state index contributed by atoms with van der Waals surface area (Å²) in [6.45, 7) is 7.11. The van der Waals surface area contributed by atoms with Gasteiger partial charge >= 0.3 is 0 Å². The fourth-order valence-electron chi connectivity index (χ4n) is 3.44. The smallest absolute Gasteiger partial charge is 0.227 e. The number of carbonyl (C=O) groups excluding carboxylic acids is 1. The van der Waals surface area contributed by atoms with Crippen LogP contribution in [0, 0.1) is 17.3 Å². The molecule has 2 rings (SSSR count). The van der Waals surface area contributed by atoms with Gasteiger partial charge in [-0.3, -0.25) is 4.79 Å². The largest absolute Gasteiger partial charge is 0.356 e. The van der Waals surface area contributed by atoms with E-state index in [1.54, 1.807) is 0 Å². The summed E-state index contributed by atoms with van der Waals surface area (Å²) in [4.78, 5) is 12.1. The molecule has 112 valence electrons. The number of amides is 1. The molecule has 0 bridgehead atoms. The van der Waals surface area contributed by atoms with Crippen molar-refractivity contribution in [2.45, 2.75) is 52.4 Å². The number of carbonyl (C=O) groups is 1. The fourth-order valence-corrected chi connectivity index (χ4v) is 3.44. The summed E-state index contributed by atoms with van der Waals surface area (Å²) in [7, 11) is 0. The summed E-state index contributed by atoms with van der Waals surface area (Å²) in [6.07, 6.45) is 7.63. The zero-order valence-electron chi connectivity index (χ0n) is 12.3. The average molecular weight is 289 g/mol. The molecule has 0 aromatic carbocycles. The molecule has 3 atom stereocenters. The van der Waals surface area contributed by atoms with Gasteiger partial charge in [-0.2, -0.15) is 0 Å². The van der Waals surface area contributed by atoms with Crippen LogP contribution in [0.15, 0.2) is 0 Å². The highest BCUT2D eigenvalue weighted by Crippen LogP contribution is 2.30. The van der Waals surface area contributed by atoms with Crippen molar-refractivity contribution in [2.24, 2.45) is 17.3 Å². The van der Waals surface area contributed by atoms with Crippen molar-refractivity contribution in [3.63, 3.8) is 0 Å². The molecule has 1 saturated heterocycles. The molecule has 0 aromatic rings. The van der Waals surface area contributed by atoms with Crippen LogP contribution in [0.5, 0.6) is 0 Å². The molecule has 4 heteroatoms. The van der Waals surface area contributed by atoms with Crippen LogP contribution in [0.2, 0.25) is 0 Å². The maximum absolute atomic E-state index is 12.1. The standard InChI is InChI=1S/C15H28N2O.ClH/c1-12-4-3-5-13(10-12)6-8-17-14(18)15(2)7-9-16-11-15;/h12-13,16H,3-11H2,1-2H3,(H,17,18);1H. The third-order valence-corrected chi connectivity index (χ3v) is 4.80. The summed E-state index contributed by atoms with van der Waals surface area (Å²) in [5.74, 6) is 1.97. The molecule has 0 radical (unpaired) electrons. The molecule has 0 spiro atoms. The van der Waals surface area contributed by atoms with Crippen molar-refractivity contribution in [3.05, 3.63) is 0 Å². The van der Waals surface area contributed by atoms with Crippen LogP contribution < -0.4 is 10.6 Å². The van der Waals surface area contributed by atoms with Crippen molar-refractivity contribution in [1.82, 2.24) is 10.6 Å². The van der Waals surface area contributed by atoms with E-state index in [0.717, 1.165) is 37.9 Å². The maximum atomic E-state index is 12.1. The van der Waals surface area contributed by atoms with Crippen LogP contribution in [0.4, 0.5) is 0 Å². The van der Waals surface area contributed by atoms with E-state index in [0.29, 0.717) is 0 Å². The Morgan fingerprint density at radius 1 is 1.42 bits per heavy atom. The van der Waals surface area contributed by atoms with E-state index in [2.05, 4.69) is 24.5 Å². The minimum Gasteiger partial charge on any atom is -0.356 e. The van der Waals surface area contributed by atoms with Crippen LogP contribution in [0.3, 0.4) is 0 Å². The van der Waals surface area contributed by atoms with Crippen LogP contribution >= 0.6 is 12.4 Å². The summed E-state index contributed by atoms with van der Waals surface area (Å²) in [5, 5.41) is 6.43. The molecule has 1 aliphatic carbocycles. The Labute approximate surface area is 123 Å². The van der Waals surface area contributed by atoms with Gasteiger partial charge in [-0.25, -0.2) is 0 Å². The monoisotopic (exact) mass is 288 g/mol. The first-order valence-corrected chi connectivity index (χ1v) is 7.59. The highest BCUT2D eigenvalue weighted by Gasteiger charge is 2.35. The normalized spacial score (nSPS) is 34.6. The Hall–Kier alpha value is -0.280. The summed E-state index contributed by atoms with van der Waals surface area (Å²) in [5.41, 5.74) is -0.167. The first-order chi connectivity index (χ1) is 8.60. The average Bonchev–Trinajstić information content (AvgIpc) is 2.77. The first kappa shape index (κ1) is 16.8. The molecule has 2 aliphatic rings. The molecule has 2 N–H and O–H groups in total. The highest BCUT2D eigenvalue weighted by molar-refractivity contribution is 5.85. The zero-order valence-corrected chi connectivity index (χ0v) is 13.2. The van der Waals surface area contributed by atoms with Crippen LogP contribution in [-0.2, 0) is 4.79 Å². The second-order valence-corrected chi connectivity index (χ2v) is 6.67. The lowest BCUT2D eigenvalue weighted by Gasteiger charge is -2.27. The first-order valence-electron chi connectivity index (χ1n) is 7.59. The Morgan fingerprint density at radius 2 is 2.21 bits per heavy atom. The molecule has 2 fully saturated rings. The number of hydrogen-bond acceptors (Lipinski definition) is 2. The van der Waals surface area contributed by atoms with Gasteiger partial charge in [-0.05, 0) is 44.6 Å². The zero-order chi connectivity index (χ0) is 13.0. The molecule has 3 nitrogen and oxygen atoms in total. The molecule has 3 unspecified atom stereocenters. The Bertz CT molecular complexity index is 290. The van der Waals surface area contributed by atoms with Crippen molar-refractivity contribution < 1.29 is 4.79 Å². The summed E-state index contributed by atoms with van der Waals surface area (Å²) in [6, 6.07) is 0. The fraction of sp³-hybridized carbons (Fsp3) is 0.933. The number of hydrogen-bond donors (Lipinski definition) is 2. The van der Waals surface area contributed by atoms with Gasteiger partial charge in [0.25, 0.3) is 0 Å². The van der Waals surface area contributed by atoms with Gasteiger partial charge < -0.3 is 10.6 Å². The number of rotatable bonds is 4. The van der Waals surface area contributed by atoms with Gasteiger partial charge in [0, 0.05) is 13.1 Å². The van der Waals surface area contributed by atoms with Gasteiger partial charge in [0.2, 0.25) is 5.91 Å². The molecular weight excluding hydrogens is 260 g/mol. The van der Waals surface area contributed by atoms with E-state index < -0.39 is 0 Å². The van der Waals surface area contributed by atoms with E-state index in [4.69, 9.17) is 0 Å².